The zero-order chi connectivity index (χ0) is 13.6. The Kier molecular flexibility index (Phi) is 3.64. The van der Waals surface area contributed by atoms with Crippen LogP contribution in [-0.2, 0) is 6.54 Å². The highest BCUT2D eigenvalue weighted by atomic mass is 16.5. The minimum atomic E-state index is 0.467. The molecule has 0 N–H and O–H groups in total. The fourth-order valence-corrected chi connectivity index (χ4v) is 1.80. The summed E-state index contributed by atoms with van der Waals surface area (Å²) < 4.78 is 5.25. The maximum Gasteiger partial charge on any atom is 0.158 e. The highest BCUT2D eigenvalue weighted by Crippen LogP contribution is 2.16. The van der Waals surface area contributed by atoms with Crippen LogP contribution in [0.2, 0.25) is 0 Å². The van der Waals surface area contributed by atoms with Crippen LogP contribution in [0.1, 0.15) is 11.3 Å². The first-order chi connectivity index (χ1) is 9.92. The molecule has 0 fully saturated rings. The van der Waals surface area contributed by atoms with Crippen LogP contribution in [0, 0.1) is 0 Å². The molecule has 4 heteroatoms. The molecule has 0 saturated carbocycles. The van der Waals surface area contributed by atoms with E-state index in [1.54, 1.807) is 6.20 Å². The highest BCUT2D eigenvalue weighted by molar-refractivity contribution is 5.79. The summed E-state index contributed by atoms with van der Waals surface area (Å²) in [5.41, 5.74) is 2.60. The van der Waals surface area contributed by atoms with Crippen LogP contribution in [0.4, 0.5) is 0 Å². The van der Waals surface area contributed by atoms with E-state index < -0.39 is 0 Å². The largest absolute Gasteiger partial charge is 0.359 e. The third-order valence-corrected chi connectivity index (χ3v) is 2.77. The molecule has 3 rings (SSSR count). The van der Waals surface area contributed by atoms with Crippen LogP contribution in [0.5, 0.6) is 0 Å². The summed E-state index contributed by atoms with van der Waals surface area (Å²) >= 11 is 0. The van der Waals surface area contributed by atoms with Gasteiger partial charge >= 0.3 is 0 Å². The van der Waals surface area contributed by atoms with Gasteiger partial charge in [-0.1, -0.05) is 41.6 Å². The quantitative estimate of drug-likeness (QED) is 0.678. The molecule has 0 unspecified atom stereocenters. The van der Waals surface area contributed by atoms with E-state index in [2.05, 4.69) is 15.1 Å². The van der Waals surface area contributed by atoms with Crippen LogP contribution in [-0.4, -0.2) is 16.4 Å². The molecule has 0 bridgehead atoms. The Labute approximate surface area is 116 Å². The van der Waals surface area contributed by atoms with Crippen molar-refractivity contribution in [3.8, 4) is 11.4 Å². The number of hydrogen-bond acceptors (Lipinski definition) is 4. The summed E-state index contributed by atoms with van der Waals surface area (Å²) in [5.74, 6) is 0.720. The molecule has 0 aliphatic heterocycles. The van der Waals surface area contributed by atoms with Gasteiger partial charge in [-0.2, -0.15) is 0 Å². The summed E-state index contributed by atoms with van der Waals surface area (Å²) in [6.45, 7) is 0.467. The SMILES string of the molecule is C(=N\Cc1cc(-c2ccccn2)no1)/c1ccccc1. The van der Waals surface area contributed by atoms with Gasteiger partial charge in [0.2, 0.25) is 0 Å². The van der Waals surface area contributed by atoms with Crippen molar-refractivity contribution < 1.29 is 4.52 Å². The fraction of sp³-hybridized carbons (Fsp3) is 0.0625. The molecule has 98 valence electrons. The van der Waals surface area contributed by atoms with Gasteiger partial charge in [-0.15, -0.1) is 0 Å². The summed E-state index contributed by atoms with van der Waals surface area (Å²) in [6.07, 6.45) is 3.56. The Morgan fingerprint density at radius 3 is 2.65 bits per heavy atom. The Morgan fingerprint density at radius 1 is 1.00 bits per heavy atom. The highest BCUT2D eigenvalue weighted by Gasteiger charge is 2.06. The van der Waals surface area contributed by atoms with Crippen molar-refractivity contribution in [1.82, 2.24) is 10.1 Å². The van der Waals surface area contributed by atoms with Crippen LogP contribution in [0.25, 0.3) is 11.4 Å². The van der Waals surface area contributed by atoms with Gasteiger partial charge < -0.3 is 4.52 Å². The number of rotatable bonds is 4. The molecule has 20 heavy (non-hydrogen) atoms. The minimum absolute atomic E-state index is 0.467. The van der Waals surface area contributed by atoms with Gasteiger partial charge in [0, 0.05) is 18.5 Å². The van der Waals surface area contributed by atoms with E-state index >= 15 is 0 Å². The second-order valence-corrected chi connectivity index (χ2v) is 4.27. The molecule has 0 atom stereocenters. The van der Waals surface area contributed by atoms with Crippen LogP contribution in [0.3, 0.4) is 0 Å². The molecular weight excluding hydrogens is 250 g/mol. The third kappa shape index (κ3) is 2.98. The van der Waals surface area contributed by atoms with Crippen molar-refractivity contribution >= 4 is 6.21 Å². The number of nitrogens with zero attached hydrogens (tertiary/aromatic N) is 3. The smallest absolute Gasteiger partial charge is 0.158 e. The van der Waals surface area contributed by atoms with Crippen molar-refractivity contribution in [1.29, 1.82) is 0 Å². The zero-order valence-electron chi connectivity index (χ0n) is 10.8. The van der Waals surface area contributed by atoms with Gasteiger partial charge in [-0.3, -0.25) is 9.98 Å². The molecule has 0 spiro atoms. The number of aromatic nitrogens is 2. The van der Waals surface area contributed by atoms with E-state index in [1.807, 2.05) is 60.8 Å². The molecule has 1 aromatic carbocycles. The van der Waals surface area contributed by atoms with E-state index in [4.69, 9.17) is 4.52 Å². The molecule has 2 heterocycles. The minimum Gasteiger partial charge on any atom is -0.359 e. The number of aliphatic imine (C=N–C) groups is 1. The first kappa shape index (κ1) is 12.3. The van der Waals surface area contributed by atoms with Gasteiger partial charge in [-0.05, 0) is 17.7 Å². The zero-order valence-corrected chi connectivity index (χ0v) is 10.8. The number of hydrogen-bond donors (Lipinski definition) is 0. The maximum absolute atomic E-state index is 5.25. The van der Waals surface area contributed by atoms with Gasteiger partial charge in [0.1, 0.15) is 5.69 Å². The second kappa shape index (κ2) is 5.93. The molecule has 0 saturated heterocycles. The van der Waals surface area contributed by atoms with Crippen LogP contribution in [0.15, 0.2) is 70.3 Å². The van der Waals surface area contributed by atoms with Crippen molar-refractivity contribution in [2.75, 3.05) is 0 Å². The van der Waals surface area contributed by atoms with Crippen LogP contribution < -0.4 is 0 Å². The molecule has 0 aliphatic rings. The summed E-state index contributed by atoms with van der Waals surface area (Å²) in [6, 6.07) is 17.5. The number of benzene rings is 1. The fourth-order valence-electron chi connectivity index (χ4n) is 1.80. The van der Waals surface area contributed by atoms with Crippen molar-refractivity contribution in [2.45, 2.75) is 6.54 Å². The lowest BCUT2D eigenvalue weighted by Gasteiger charge is -1.91. The molecule has 4 nitrogen and oxygen atoms in total. The van der Waals surface area contributed by atoms with E-state index in [0.717, 1.165) is 22.7 Å². The Balaban J connectivity index is 1.68. The first-order valence-corrected chi connectivity index (χ1v) is 6.34. The molecule has 0 aliphatic carbocycles. The third-order valence-electron chi connectivity index (χ3n) is 2.77. The molecule has 3 aromatic rings. The topological polar surface area (TPSA) is 51.3 Å². The Bertz CT molecular complexity index is 690. The van der Waals surface area contributed by atoms with E-state index in [1.165, 1.54) is 0 Å². The van der Waals surface area contributed by atoms with Crippen molar-refractivity contribution in [2.24, 2.45) is 4.99 Å². The summed E-state index contributed by atoms with van der Waals surface area (Å²) in [7, 11) is 0. The predicted molar refractivity (Wildman–Crippen MR) is 77.5 cm³/mol. The monoisotopic (exact) mass is 263 g/mol. The second-order valence-electron chi connectivity index (χ2n) is 4.27. The molecule has 2 aromatic heterocycles. The lowest BCUT2D eigenvalue weighted by Crippen LogP contribution is -1.82. The van der Waals surface area contributed by atoms with E-state index in [0.29, 0.717) is 6.54 Å². The molecule has 0 radical (unpaired) electrons. The summed E-state index contributed by atoms with van der Waals surface area (Å²) in [4.78, 5) is 8.57. The predicted octanol–water partition coefficient (Wildman–Crippen LogP) is 3.36. The van der Waals surface area contributed by atoms with Gasteiger partial charge in [0.25, 0.3) is 0 Å². The van der Waals surface area contributed by atoms with Crippen LogP contribution >= 0.6 is 0 Å². The normalized spacial score (nSPS) is 11.0. The van der Waals surface area contributed by atoms with Crippen molar-refractivity contribution in [3.63, 3.8) is 0 Å². The molecule has 0 amide bonds. The van der Waals surface area contributed by atoms with Gasteiger partial charge in [-0.25, -0.2) is 0 Å². The van der Waals surface area contributed by atoms with Gasteiger partial charge in [0.15, 0.2) is 5.76 Å². The van der Waals surface area contributed by atoms with E-state index in [-0.39, 0.29) is 0 Å². The first-order valence-electron chi connectivity index (χ1n) is 6.34. The van der Waals surface area contributed by atoms with E-state index in [9.17, 15) is 0 Å². The average Bonchev–Trinajstić information content (AvgIpc) is 2.98. The van der Waals surface area contributed by atoms with Gasteiger partial charge in [0.05, 0.1) is 12.2 Å². The summed E-state index contributed by atoms with van der Waals surface area (Å²) in [5, 5.41) is 4.00. The lowest BCUT2D eigenvalue weighted by atomic mass is 10.2. The average molecular weight is 263 g/mol. The molecular formula is C16H13N3O. The standard InChI is InChI=1S/C16H13N3O/c1-2-6-13(7-3-1)11-17-12-14-10-16(19-20-14)15-8-4-5-9-18-15/h1-11H,12H2/b17-11+. The van der Waals surface area contributed by atoms with Crippen molar-refractivity contribution in [3.05, 3.63) is 72.1 Å². The number of pyridine rings is 1. The maximum atomic E-state index is 5.25. The Hall–Kier alpha value is -2.75. The Morgan fingerprint density at radius 2 is 1.85 bits per heavy atom. The lowest BCUT2D eigenvalue weighted by molar-refractivity contribution is 0.387.